The van der Waals surface area contributed by atoms with Crippen molar-refractivity contribution in [3.63, 3.8) is 0 Å². The van der Waals surface area contributed by atoms with Gasteiger partial charge in [-0.3, -0.25) is 4.79 Å². The first-order valence-corrected chi connectivity index (χ1v) is 3.06. The SMILES string of the molecule is [B]c1ccc(C(N)=O)c(N)c1. The van der Waals surface area contributed by atoms with Gasteiger partial charge in [-0.2, -0.15) is 0 Å². The van der Waals surface area contributed by atoms with Crippen LogP contribution >= 0.6 is 0 Å². The maximum absolute atomic E-state index is 10.6. The maximum atomic E-state index is 10.6. The zero-order chi connectivity index (χ0) is 8.43. The minimum Gasteiger partial charge on any atom is -0.398 e. The molecule has 0 heterocycles. The Kier molecular flexibility index (Phi) is 1.85. The molecule has 0 aromatic heterocycles. The van der Waals surface area contributed by atoms with E-state index in [4.69, 9.17) is 19.3 Å². The average molecular weight is 146 g/mol. The lowest BCUT2D eigenvalue weighted by Crippen LogP contribution is -2.15. The summed E-state index contributed by atoms with van der Waals surface area (Å²) in [6.07, 6.45) is 0. The summed E-state index contributed by atoms with van der Waals surface area (Å²) < 4.78 is 0. The van der Waals surface area contributed by atoms with E-state index < -0.39 is 5.91 Å². The van der Waals surface area contributed by atoms with E-state index in [0.717, 1.165) is 0 Å². The van der Waals surface area contributed by atoms with E-state index in [9.17, 15) is 4.79 Å². The van der Waals surface area contributed by atoms with E-state index in [1.165, 1.54) is 12.1 Å². The topological polar surface area (TPSA) is 69.1 Å². The van der Waals surface area contributed by atoms with Gasteiger partial charge in [-0.25, -0.2) is 0 Å². The Hall–Kier alpha value is -1.45. The van der Waals surface area contributed by atoms with Crippen molar-refractivity contribution in [3.8, 4) is 0 Å². The molecular formula is C7H7BN2O. The molecule has 0 saturated carbocycles. The smallest absolute Gasteiger partial charge is 0.250 e. The van der Waals surface area contributed by atoms with Crippen LogP contribution in [0.15, 0.2) is 18.2 Å². The number of hydrogen-bond donors (Lipinski definition) is 2. The molecule has 11 heavy (non-hydrogen) atoms. The lowest BCUT2D eigenvalue weighted by atomic mass is 9.94. The molecule has 4 heteroatoms. The van der Waals surface area contributed by atoms with Crippen LogP contribution < -0.4 is 16.9 Å². The van der Waals surface area contributed by atoms with Gasteiger partial charge in [0.05, 0.1) is 5.56 Å². The number of hydrogen-bond acceptors (Lipinski definition) is 2. The normalized spacial score (nSPS) is 9.45. The van der Waals surface area contributed by atoms with Crippen molar-refractivity contribution in [2.75, 3.05) is 5.73 Å². The van der Waals surface area contributed by atoms with Crippen LogP contribution in [0.4, 0.5) is 5.69 Å². The van der Waals surface area contributed by atoms with E-state index in [0.29, 0.717) is 16.7 Å². The van der Waals surface area contributed by atoms with Crippen molar-refractivity contribution in [1.82, 2.24) is 0 Å². The van der Waals surface area contributed by atoms with Gasteiger partial charge in [0.1, 0.15) is 7.85 Å². The van der Waals surface area contributed by atoms with E-state index in [-0.39, 0.29) is 0 Å². The molecule has 54 valence electrons. The second kappa shape index (κ2) is 2.66. The average Bonchev–Trinajstić information content (AvgIpc) is 1.85. The van der Waals surface area contributed by atoms with Crippen LogP contribution in [0.25, 0.3) is 0 Å². The minimum absolute atomic E-state index is 0.305. The molecule has 4 N–H and O–H groups in total. The molecule has 0 aliphatic carbocycles. The van der Waals surface area contributed by atoms with Gasteiger partial charge in [-0.05, 0) is 12.1 Å². The first-order chi connectivity index (χ1) is 5.11. The number of primary amides is 1. The molecule has 1 aromatic carbocycles. The van der Waals surface area contributed by atoms with Crippen molar-refractivity contribution >= 4 is 24.9 Å². The summed E-state index contributed by atoms with van der Waals surface area (Å²) >= 11 is 0. The molecule has 3 nitrogen and oxygen atoms in total. The molecule has 0 atom stereocenters. The van der Waals surface area contributed by atoms with Gasteiger partial charge in [0.25, 0.3) is 5.91 Å². The molecule has 1 amide bonds. The molecule has 1 aromatic rings. The highest BCUT2D eigenvalue weighted by atomic mass is 16.1. The van der Waals surface area contributed by atoms with Crippen LogP contribution in [0.2, 0.25) is 0 Å². The highest BCUT2D eigenvalue weighted by Gasteiger charge is 2.03. The summed E-state index contributed by atoms with van der Waals surface area (Å²) in [5.74, 6) is -0.539. The molecule has 0 unspecified atom stereocenters. The first-order valence-electron chi connectivity index (χ1n) is 3.06. The second-order valence-electron chi connectivity index (χ2n) is 2.21. The quantitative estimate of drug-likeness (QED) is 0.400. The second-order valence-corrected chi connectivity index (χ2v) is 2.21. The van der Waals surface area contributed by atoms with Crippen LogP contribution in [0.1, 0.15) is 10.4 Å². The summed E-state index contributed by atoms with van der Waals surface area (Å²) in [7, 11) is 5.40. The minimum atomic E-state index is -0.539. The zero-order valence-electron chi connectivity index (χ0n) is 5.87. The number of benzene rings is 1. The Labute approximate surface area is 65.8 Å². The number of nitrogens with two attached hydrogens (primary N) is 2. The Morgan fingerprint density at radius 1 is 1.45 bits per heavy atom. The molecule has 0 aliphatic heterocycles. The standard InChI is InChI=1S/C7H7BN2O/c8-4-1-2-5(7(10)11)6(9)3-4/h1-3H,9H2,(H2,10,11). The van der Waals surface area contributed by atoms with Crippen molar-refractivity contribution in [2.24, 2.45) is 5.73 Å². The predicted molar refractivity (Wildman–Crippen MR) is 44.8 cm³/mol. The van der Waals surface area contributed by atoms with Gasteiger partial charge in [0, 0.05) is 5.69 Å². The summed E-state index contributed by atoms with van der Waals surface area (Å²) in [5, 5.41) is 0. The van der Waals surface area contributed by atoms with Crippen molar-refractivity contribution in [2.45, 2.75) is 0 Å². The number of carbonyl (C=O) groups is 1. The van der Waals surface area contributed by atoms with E-state index in [1.54, 1.807) is 6.07 Å². The van der Waals surface area contributed by atoms with Crippen molar-refractivity contribution in [3.05, 3.63) is 23.8 Å². The lowest BCUT2D eigenvalue weighted by molar-refractivity contribution is 0.100. The van der Waals surface area contributed by atoms with Crippen LogP contribution in [0, 0.1) is 0 Å². The van der Waals surface area contributed by atoms with Crippen molar-refractivity contribution in [1.29, 1.82) is 0 Å². The third-order valence-corrected chi connectivity index (χ3v) is 1.34. The number of amides is 1. The number of rotatable bonds is 1. The number of anilines is 1. The molecule has 0 bridgehead atoms. The summed E-state index contributed by atoms with van der Waals surface area (Å²) in [6.45, 7) is 0. The molecule has 1 rings (SSSR count). The molecule has 2 radical (unpaired) electrons. The van der Waals surface area contributed by atoms with Crippen LogP contribution in [0.5, 0.6) is 0 Å². The molecule has 0 fully saturated rings. The van der Waals surface area contributed by atoms with Crippen LogP contribution in [0.3, 0.4) is 0 Å². The Morgan fingerprint density at radius 2 is 2.09 bits per heavy atom. The third-order valence-electron chi connectivity index (χ3n) is 1.34. The van der Waals surface area contributed by atoms with E-state index in [1.807, 2.05) is 0 Å². The molecular weight excluding hydrogens is 139 g/mol. The highest BCUT2D eigenvalue weighted by Crippen LogP contribution is 2.06. The fourth-order valence-corrected chi connectivity index (χ4v) is 0.806. The Morgan fingerprint density at radius 3 is 2.55 bits per heavy atom. The monoisotopic (exact) mass is 146 g/mol. The number of nitrogen functional groups attached to an aromatic ring is 1. The molecule has 0 aliphatic rings. The van der Waals surface area contributed by atoms with Crippen LogP contribution in [-0.4, -0.2) is 13.8 Å². The Balaban J connectivity index is 3.20. The lowest BCUT2D eigenvalue weighted by Gasteiger charge is -2.01. The largest absolute Gasteiger partial charge is 0.398 e. The zero-order valence-corrected chi connectivity index (χ0v) is 5.87. The van der Waals surface area contributed by atoms with Gasteiger partial charge < -0.3 is 11.5 Å². The summed E-state index contributed by atoms with van der Waals surface area (Å²) in [6, 6.07) is 4.59. The van der Waals surface area contributed by atoms with Gasteiger partial charge in [0.15, 0.2) is 0 Å². The first kappa shape index (κ1) is 7.66. The Bertz CT molecular complexity index is 298. The fraction of sp³-hybridized carbons (Fsp3) is 0. The van der Waals surface area contributed by atoms with Crippen LogP contribution in [-0.2, 0) is 0 Å². The van der Waals surface area contributed by atoms with Crippen molar-refractivity contribution < 1.29 is 4.79 Å². The number of carbonyl (C=O) groups excluding carboxylic acids is 1. The van der Waals surface area contributed by atoms with Gasteiger partial charge in [-0.1, -0.05) is 11.5 Å². The summed E-state index contributed by atoms with van der Waals surface area (Å²) in [4.78, 5) is 10.6. The third kappa shape index (κ3) is 1.52. The van der Waals surface area contributed by atoms with Gasteiger partial charge >= 0.3 is 0 Å². The molecule has 0 saturated heterocycles. The highest BCUT2D eigenvalue weighted by molar-refractivity contribution is 6.32. The molecule has 0 spiro atoms. The van der Waals surface area contributed by atoms with E-state index in [2.05, 4.69) is 0 Å². The maximum Gasteiger partial charge on any atom is 0.250 e. The van der Waals surface area contributed by atoms with Gasteiger partial charge in [-0.15, -0.1) is 0 Å². The fourth-order valence-electron chi connectivity index (χ4n) is 0.806. The predicted octanol–water partition coefficient (Wildman–Crippen LogP) is -0.839. The van der Waals surface area contributed by atoms with Gasteiger partial charge in [0.2, 0.25) is 0 Å². The summed E-state index contributed by atoms with van der Waals surface area (Å²) in [5.41, 5.74) is 11.6. The van der Waals surface area contributed by atoms with E-state index >= 15 is 0 Å².